The molecule has 9 heteroatoms. The minimum atomic E-state index is -3.58. The molecule has 6 nitrogen and oxygen atoms in total. The summed E-state index contributed by atoms with van der Waals surface area (Å²) in [4.78, 5) is 16.8. The van der Waals surface area contributed by atoms with Gasteiger partial charge in [0.2, 0.25) is 15.9 Å². The van der Waals surface area contributed by atoms with Crippen LogP contribution in [0.25, 0.3) is 0 Å². The zero-order chi connectivity index (χ0) is 19.4. The number of hydrogen-bond donors (Lipinski definition) is 1. The highest BCUT2D eigenvalue weighted by atomic mass is 79.9. The van der Waals surface area contributed by atoms with Gasteiger partial charge in [0.15, 0.2) is 0 Å². The standard InChI is InChI=1S/C18H19Br2N3O3S/c19-14-9-15(20)11-17(10-14)27(25,26)23-7-4-13(5-8-23)18(24)22-12-16-3-1-2-6-21-16/h1-3,6,9-11,13H,4-5,7-8,12H2,(H,22,24). The number of piperidine rings is 1. The molecule has 2 aromatic rings. The van der Waals surface area contributed by atoms with Crippen LogP contribution in [0.2, 0.25) is 0 Å². The van der Waals surface area contributed by atoms with E-state index in [0.29, 0.717) is 41.4 Å². The number of pyridine rings is 1. The molecule has 0 unspecified atom stereocenters. The summed E-state index contributed by atoms with van der Waals surface area (Å²) >= 11 is 6.65. The monoisotopic (exact) mass is 515 g/mol. The Kier molecular flexibility index (Phi) is 6.67. The Balaban J connectivity index is 1.58. The average Bonchev–Trinajstić information content (AvgIpc) is 2.66. The molecule has 3 rings (SSSR count). The van der Waals surface area contributed by atoms with Crippen molar-refractivity contribution in [3.63, 3.8) is 0 Å². The normalized spacial score (nSPS) is 16.2. The molecular weight excluding hydrogens is 498 g/mol. The zero-order valence-electron chi connectivity index (χ0n) is 14.4. The minimum absolute atomic E-state index is 0.0529. The van der Waals surface area contributed by atoms with E-state index in [4.69, 9.17) is 0 Å². The molecule has 0 atom stereocenters. The van der Waals surface area contributed by atoms with E-state index < -0.39 is 10.0 Å². The molecule has 1 aromatic heterocycles. The second kappa shape index (κ2) is 8.81. The second-order valence-electron chi connectivity index (χ2n) is 6.32. The van der Waals surface area contributed by atoms with Crippen molar-refractivity contribution in [3.8, 4) is 0 Å². The van der Waals surface area contributed by atoms with Crippen LogP contribution in [0.3, 0.4) is 0 Å². The van der Waals surface area contributed by atoms with E-state index in [9.17, 15) is 13.2 Å². The first-order valence-corrected chi connectivity index (χ1v) is 11.5. The molecule has 1 fully saturated rings. The number of hydrogen-bond acceptors (Lipinski definition) is 4. The molecule has 1 N–H and O–H groups in total. The smallest absolute Gasteiger partial charge is 0.243 e. The van der Waals surface area contributed by atoms with Gasteiger partial charge in [-0.25, -0.2) is 8.42 Å². The Morgan fingerprint density at radius 2 is 1.81 bits per heavy atom. The van der Waals surface area contributed by atoms with Gasteiger partial charge in [-0.05, 0) is 43.2 Å². The molecule has 2 heterocycles. The third-order valence-corrected chi connectivity index (χ3v) is 7.26. The molecule has 144 valence electrons. The Morgan fingerprint density at radius 3 is 2.41 bits per heavy atom. The Bertz CT molecular complexity index is 894. The quantitative estimate of drug-likeness (QED) is 0.661. The van der Waals surface area contributed by atoms with Crippen LogP contribution in [-0.2, 0) is 21.4 Å². The van der Waals surface area contributed by atoms with Crippen LogP contribution in [0.15, 0.2) is 56.4 Å². The third-order valence-electron chi connectivity index (χ3n) is 4.47. The summed E-state index contributed by atoms with van der Waals surface area (Å²) in [6.45, 7) is 1.03. The number of carbonyl (C=O) groups is 1. The van der Waals surface area contributed by atoms with Crippen LogP contribution in [0.5, 0.6) is 0 Å². The van der Waals surface area contributed by atoms with Crippen molar-refractivity contribution in [2.24, 2.45) is 5.92 Å². The number of benzene rings is 1. The number of halogens is 2. The molecule has 0 bridgehead atoms. The zero-order valence-corrected chi connectivity index (χ0v) is 18.4. The first kappa shape index (κ1) is 20.4. The van der Waals surface area contributed by atoms with Gasteiger partial charge in [0.25, 0.3) is 0 Å². The molecule has 1 saturated heterocycles. The van der Waals surface area contributed by atoms with E-state index in [2.05, 4.69) is 42.2 Å². The van der Waals surface area contributed by atoms with E-state index in [1.165, 1.54) is 4.31 Å². The van der Waals surface area contributed by atoms with E-state index >= 15 is 0 Å². The van der Waals surface area contributed by atoms with Gasteiger partial charge >= 0.3 is 0 Å². The lowest BCUT2D eigenvalue weighted by Crippen LogP contribution is -2.42. The molecule has 0 aliphatic carbocycles. The molecule has 27 heavy (non-hydrogen) atoms. The number of amides is 1. The van der Waals surface area contributed by atoms with Crippen LogP contribution in [0, 0.1) is 5.92 Å². The predicted octanol–water partition coefficient (Wildman–Crippen LogP) is 3.32. The van der Waals surface area contributed by atoms with Crippen molar-refractivity contribution in [2.45, 2.75) is 24.3 Å². The summed E-state index contributed by atoms with van der Waals surface area (Å²) in [5.74, 6) is -0.239. The highest BCUT2D eigenvalue weighted by Gasteiger charge is 2.32. The summed E-state index contributed by atoms with van der Waals surface area (Å²) in [7, 11) is -3.58. The fraction of sp³-hybridized carbons (Fsp3) is 0.333. The van der Waals surface area contributed by atoms with Crippen LogP contribution >= 0.6 is 31.9 Å². The maximum absolute atomic E-state index is 12.9. The lowest BCUT2D eigenvalue weighted by atomic mass is 9.97. The first-order valence-electron chi connectivity index (χ1n) is 8.50. The molecule has 0 radical (unpaired) electrons. The molecule has 1 amide bonds. The lowest BCUT2D eigenvalue weighted by Gasteiger charge is -2.30. The van der Waals surface area contributed by atoms with Gasteiger partial charge in [0.05, 0.1) is 17.1 Å². The Hall–Kier alpha value is -1.29. The average molecular weight is 517 g/mol. The molecular formula is C18H19Br2N3O3S. The highest BCUT2D eigenvalue weighted by molar-refractivity contribution is 9.11. The molecule has 0 spiro atoms. The Labute approximate surface area is 175 Å². The number of nitrogens with one attached hydrogen (secondary N) is 1. The number of rotatable bonds is 5. The number of nitrogens with zero attached hydrogens (tertiary/aromatic N) is 2. The summed E-state index contributed by atoms with van der Waals surface area (Å²) < 4.78 is 28.5. The van der Waals surface area contributed by atoms with Crippen LogP contribution in [0.1, 0.15) is 18.5 Å². The van der Waals surface area contributed by atoms with E-state index in [-0.39, 0.29) is 16.7 Å². The topological polar surface area (TPSA) is 79.4 Å². The lowest BCUT2D eigenvalue weighted by molar-refractivity contribution is -0.126. The van der Waals surface area contributed by atoms with Gasteiger partial charge in [-0.15, -0.1) is 0 Å². The largest absolute Gasteiger partial charge is 0.350 e. The number of sulfonamides is 1. The molecule has 1 aliphatic heterocycles. The number of carbonyl (C=O) groups excluding carboxylic acids is 1. The van der Waals surface area contributed by atoms with Crippen molar-refractivity contribution in [2.75, 3.05) is 13.1 Å². The van der Waals surface area contributed by atoms with Crippen LogP contribution in [-0.4, -0.2) is 36.7 Å². The van der Waals surface area contributed by atoms with Gasteiger partial charge in [-0.1, -0.05) is 37.9 Å². The van der Waals surface area contributed by atoms with E-state index in [1.807, 2.05) is 18.2 Å². The maximum atomic E-state index is 12.9. The van der Waals surface area contributed by atoms with Crippen molar-refractivity contribution >= 4 is 47.8 Å². The van der Waals surface area contributed by atoms with Crippen molar-refractivity contribution in [3.05, 3.63) is 57.2 Å². The summed E-state index contributed by atoms with van der Waals surface area (Å²) in [6, 6.07) is 10.5. The van der Waals surface area contributed by atoms with Gasteiger partial charge in [0.1, 0.15) is 0 Å². The van der Waals surface area contributed by atoms with Crippen molar-refractivity contribution in [1.82, 2.24) is 14.6 Å². The van der Waals surface area contributed by atoms with Gasteiger partial charge in [-0.2, -0.15) is 4.31 Å². The number of aromatic nitrogens is 1. The predicted molar refractivity (Wildman–Crippen MR) is 109 cm³/mol. The van der Waals surface area contributed by atoms with Gasteiger partial charge in [-0.3, -0.25) is 9.78 Å². The molecule has 1 aromatic carbocycles. The maximum Gasteiger partial charge on any atom is 0.243 e. The SMILES string of the molecule is O=C(NCc1ccccn1)C1CCN(S(=O)(=O)c2cc(Br)cc(Br)c2)CC1. The first-order chi connectivity index (χ1) is 12.9. The van der Waals surface area contributed by atoms with Crippen LogP contribution in [0.4, 0.5) is 0 Å². The Morgan fingerprint density at radius 1 is 1.15 bits per heavy atom. The van der Waals surface area contributed by atoms with Crippen molar-refractivity contribution < 1.29 is 13.2 Å². The summed E-state index contributed by atoms with van der Waals surface area (Å²) in [5.41, 5.74) is 0.797. The van der Waals surface area contributed by atoms with Gasteiger partial charge < -0.3 is 5.32 Å². The van der Waals surface area contributed by atoms with Gasteiger partial charge in [0, 0.05) is 34.1 Å². The highest BCUT2D eigenvalue weighted by Crippen LogP contribution is 2.28. The van der Waals surface area contributed by atoms with E-state index in [0.717, 1.165) is 5.69 Å². The fourth-order valence-corrected chi connectivity index (χ4v) is 6.15. The van der Waals surface area contributed by atoms with Crippen molar-refractivity contribution in [1.29, 1.82) is 0 Å². The fourth-order valence-electron chi connectivity index (χ4n) is 3.01. The summed E-state index contributed by atoms with van der Waals surface area (Å²) in [6.07, 6.45) is 2.69. The van der Waals surface area contributed by atoms with E-state index in [1.54, 1.807) is 24.4 Å². The minimum Gasteiger partial charge on any atom is -0.350 e. The molecule has 1 aliphatic rings. The van der Waals surface area contributed by atoms with Crippen LogP contribution < -0.4 is 5.32 Å². The second-order valence-corrected chi connectivity index (χ2v) is 10.1. The summed E-state index contributed by atoms with van der Waals surface area (Å²) in [5, 5.41) is 2.89. The molecule has 0 saturated carbocycles. The third kappa shape index (κ3) is 5.16.